The van der Waals surface area contributed by atoms with E-state index < -0.39 is 15.6 Å². The molecule has 3 nitrogen and oxygen atoms in total. The van der Waals surface area contributed by atoms with E-state index in [0.29, 0.717) is 10.9 Å². The lowest BCUT2D eigenvalue weighted by Crippen LogP contribution is -2.21. The molecule has 0 saturated carbocycles. The molecule has 0 spiro atoms. The summed E-state index contributed by atoms with van der Waals surface area (Å²) >= 11 is 0. The first kappa shape index (κ1) is 21.8. The molecule has 0 bridgehead atoms. The molecule has 2 aromatic rings. The molecule has 2 aromatic carbocycles. The summed E-state index contributed by atoms with van der Waals surface area (Å²) in [4.78, 5) is 1.58. The van der Waals surface area contributed by atoms with E-state index in [0.717, 1.165) is 0 Å². The fourth-order valence-electron chi connectivity index (χ4n) is 2.26. The van der Waals surface area contributed by atoms with Crippen LogP contribution in [0.5, 0.6) is 0 Å². The molecule has 0 aromatic heterocycles. The molecule has 0 radical (unpaired) electrons. The van der Waals surface area contributed by atoms with Crippen molar-refractivity contribution in [3.8, 4) is 0 Å². The van der Waals surface area contributed by atoms with Crippen LogP contribution in [0.3, 0.4) is 0 Å². The van der Waals surface area contributed by atoms with Gasteiger partial charge in [-0.15, -0.1) is 0 Å². The van der Waals surface area contributed by atoms with Gasteiger partial charge < -0.3 is 4.55 Å². The van der Waals surface area contributed by atoms with Gasteiger partial charge in [0.15, 0.2) is 15.0 Å². The summed E-state index contributed by atoms with van der Waals surface area (Å²) in [7, 11) is -5.65. The Labute approximate surface area is 149 Å². The Bertz CT molecular complexity index is 763. The number of hydrogen-bond acceptors (Lipinski definition) is 3. The van der Waals surface area contributed by atoms with Gasteiger partial charge in [-0.2, -0.15) is 13.2 Å². The van der Waals surface area contributed by atoms with Gasteiger partial charge >= 0.3 is 5.51 Å². The quantitative estimate of drug-likeness (QED) is 0.420. The highest BCUT2D eigenvalue weighted by Gasteiger charge is 2.36. The average Bonchev–Trinajstić information content (AvgIpc) is 2.53. The number of fused-ring (bicyclic) bond motifs is 1. The Kier molecular flexibility index (Phi) is 8.24. The minimum absolute atomic E-state index is 0.438. The van der Waals surface area contributed by atoms with Crippen molar-refractivity contribution in [3.63, 3.8) is 0 Å². The molecule has 0 heterocycles. The fourth-order valence-corrected chi connectivity index (χ4v) is 4.66. The van der Waals surface area contributed by atoms with Gasteiger partial charge in [0, 0.05) is 16.3 Å². The largest absolute Gasteiger partial charge is 0.741 e. The van der Waals surface area contributed by atoms with E-state index in [9.17, 15) is 13.2 Å². The molecule has 0 unspecified atom stereocenters. The van der Waals surface area contributed by atoms with E-state index in [4.69, 9.17) is 13.0 Å². The van der Waals surface area contributed by atoms with Crippen LogP contribution in [-0.4, -0.2) is 30.0 Å². The monoisotopic (exact) mass is 394 g/mol. The van der Waals surface area contributed by atoms with Gasteiger partial charge in [0.25, 0.3) is 0 Å². The molecule has 0 aliphatic heterocycles. The lowest BCUT2D eigenvalue weighted by molar-refractivity contribution is -0.0517. The number of hydrogen-bond donors (Lipinski definition) is 0. The second-order valence-electron chi connectivity index (χ2n) is 5.28. The molecule has 0 N–H and O–H groups in total. The van der Waals surface area contributed by atoms with Gasteiger partial charge in [0.1, 0.15) is 11.5 Å². The molecule has 0 fully saturated rings. The maximum Gasteiger partial charge on any atom is 0.485 e. The van der Waals surface area contributed by atoms with Crippen LogP contribution in [0.15, 0.2) is 47.4 Å². The van der Waals surface area contributed by atoms with Crippen molar-refractivity contribution >= 4 is 31.8 Å². The van der Waals surface area contributed by atoms with Gasteiger partial charge in [0.05, 0.1) is 0 Å². The molecule has 2 rings (SSSR count). The summed E-state index contributed by atoms with van der Waals surface area (Å²) in [5.74, 6) is 2.67. The number of halogens is 3. The standard InChI is InChI=1S/C16H21S.CHF3O3S/c1-3-12-17(13-4-2)16-11-7-9-14-8-5-6-10-15(14)16;2-1(3,4)8(5,6)7/h5-11H,3-4,12-13H2,1-2H3;(H,5,6,7)/q+1;/p-1. The summed E-state index contributed by atoms with van der Waals surface area (Å²) in [5, 5.41) is 2.84. The Balaban J connectivity index is 0.000000333. The highest BCUT2D eigenvalue weighted by molar-refractivity contribution is 7.97. The fraction of sp³-hybridized carbons (Fsp3) is 0.412. The van der Waals surface area contributed by atoms with Crippen molar-refractivity contribution in [1.82, 2.24) is 0 Å². The van der Waals surface area contributed by atoms with E-state index in [1.165, 1.54) is 35.1 Å². The van der Waals surface area contributed by atoms with Crippen LogP contribution in [-0.2, 0) is 21.0 Å². The first-order valence-electron chi connectivity index (χ1n) is 7.79. The molecule has 0 amide bonds. The maximum atomic E-state index is 10.7. The van der Waals surface area contributed by atoms with Crippen molar-refractivity contribution in [1.29, 1.82) is 0 Å². The van der Waals surface area contributed by atoms with Gasteiger partial charge in [-0.1, -0.05) is 44.2 Å². The predicted molar refractivity (Wildman–Crippen MR) is 95.6 cm³/mol. The molecule has 0 aliphatic carbocycles. The third-order valence-electron chi connectivity index (χ3n) is 3.25. The zero-order chi connectivity index (χ0) is 19.1. The molecule has 0 aliphatic rings. The predicted octanol–water partition coefficient (Wildman–Crippen LogP) is 4.69. The van der Waals surface area contributed by atoms with Gasteiger partial charge in [-0.3, -0.25) is 0 Å². The van der Waals surface area contributed by atoms with Crippen LogP contribution in [0.1, 0.15) is 26.7 Å². The van der Waals surface area contributed by atoms with Crippen LogP contribution < -0.4 is 0 Å². The molecule has 8 heteroatoms. The molecule has 140 valence electrons. The summed E-state index contributed by atoms with van der Waals surface area (Å²) < 4.78 is 58.9. The van der Waals surface area contributed by atoms with Crippen LogP contribution >= 0.6 is 0 Å². The van der Waals surface area contributed by atoms with E-state index in [1.54, 1.807) is 4.90 Å². The van der Waals surface area contributed by atoms with Crippen molar-refractivity contribution in [3.05, 3.63) is 42.5 Å². The topological polar surface area (TPSA) is 57.2 Å². The van der Waals surface area contributed by atoms with Crippen LogP contribution in [0.25, 0.3) is 10.8 Å². The Morgan fingerprint density at radius 3 is 1.92 bits per heavy atom. The molecule has 0 atom stereocenters. The smallest absolute Gasteiger partial charge is 0.485 e. The van der Waals surface area contributed by atoms with E-state index in [2.05, 4.69) is 56.3 Å². The molecule has 25 heavy (non-hydrogen) atoms. The highest BCUT2D eigenvalue weighted by Crippen LogP contribution is 2.26. The van der Waals surface area contributed by atoms with Crippen molar-refractivity contribution < 1.29 is 26.1 Å². The van der Waals surface area contributed by atoms with E-state index in [1.807, 2.05) is 0 Å². The van der Waals surface area contributed by atoms with Crippen LogP contribution in [0.4, 0.5) is 13.2 Å². The van der Waals surface area contributed by atoms with Gasteiger partial charge in [0.2, 0.25) is 0 Å². The molecule has 0 saturated heterocycles. The number of benzene rings is 2. The minimum atomic E-state index is -6.09. The summed E-state index contributed by atoms with van der Waals surface area (Å²) in [5.41, 5.74) is -5.65. The van der Waals surface area contributed by atoms with E-state index >= 15 is 0 Å². The number of alkyl halides is 3. The Morgan fingerprint density at radius 2 is 1.44 bits per heavy atom. The van der Waals surface area contributed by atoms with Crippen LogP contribution in [0.2, 0.25) is 0 Å². The summed E-state index contributed by atoms with van der Waals surface area (Å²) in [6.45, 7) is 4.58. The normalized spacial score (nSPS) is 12.1. The lowest BCUT2D eigenvalue weighted by Gasteiger charge is -2.09. The van der Waals surface area contributed by atoms with Gasteiger partial charge in [-0.25, -0.2) is 8.42 Å². The second kappa shape index (κ2) is 9.45. The summed E-state index contributed by atoms with van der Waals surface area (Å²) in [6, 6.07) is 15.5. The van der Waals surface area contributed by atoms with Crippen LogP contribution in [0, 0.1) is 0 Å². The first-order chi connectivity index (χ1) is 11.6. The average molecular weight is 394 g/mol. The lowest BCUT2D eigenvalue weighted by atomic mass is 10.1. The number of rotatable bonds is 5. The summed E-state index contributed by atoms with van der Waals surface area (Å²) in [6.07, 6.45) is 2.57. The maximum absolute atomic E-state index is 10.7. The van der Waals surface area contributed by atoms with Crippen molar-refractivity contribution in [2.45, 2.75) is 37.1 Å². The van der Waals surface area contributed by atoms with Crippen molar-refractivity contribution in [2.75, 3.05) is 11.5 Å². The molecular weight excluding hydrogens is 373 g/mol. The SMILES string of the molecule is CCC[S+](CCC)c1cccc2ccccc12.O=S(=O)([O-])C(F)(F)F. The Morgan fingerprint density at radius 1 is 0.960 bits per heavy atom. The zero-order valence-corrected chi connectivity index (χ0v) is 15.7. The third kappa shape index (κ3) is 6.52. The zero-order valence-electron chi connectivity index (χ0n) is 14.0. The minimum Gasteiger partial charge on any atom is -0.741 e. The third-order valence-corrected chi connectivity index (χ3v) is 6.59. The Hall–Kier alpha value is -1.25. The second-order valence-corrected chi connectivity index (χ2v) is 8.89. The molecular formula is C17H21F3O3S2. The van der Waals surface area contributed by atoms with Crippen molar-refractivity contribution in [2.24, 2.45) is 0 Å². The van der Waals surface area contributed by atoms with Gasteiger partial charge in [-0.05, 0) is 30.4 Å². The highest BCUT2D eigenvalue weighted by atomic mass is 32.2. The first-order valence-corrected chi connectivity index (χ1v) is 10.8. The van der Waals surface area contributed by atoms with E-state index in [-0.39, 0.29) is 0 Å².